The molecule has 0 amide bonds. The van der Waals surface area contributed by atoms with Gasteiger partial charge in [0.1, 0.15) is 0 Å². The summed E-state index contributed by atoms with van der Waals surface area (Å²) in [6.45, 7) is 7.13. The van der Waals surface area contributed by atoms with Crippen LogP contribution in [-0.4, -0.2) is 22.1 Å². The number of hydrogen-bond acceptors (Lipinski definition) is 4. The van der Waals surface area contributed by atoms with Gasteiger partial charge in [0.2, 0.25) is 11.8 Å². The number of aryl methyl sites for hydroxylation is 2. The Labute approximate surface area is 143 Å². The maximum Gasteiger partial charge on any atom is 0.247 e. The van der Waals surface area contributed by atoms with Crippen LogP contribution in [0, 0.1) is 13.8 Å². The van der Waals surface area contributed by atoms with E-state index in [1.54, 1.807) is 0 Å². The summed E-state index contributed by atoms with van der Waals surface area (Å²) >= 11 is 0. The molecule has 0 saturated carbocycles. The van der Waals surface area contributed by atoms with Crippen molar-refractivity contribution >= 4 is 0 Å². The zero-order valence-corrected chi connectivity index (χ0v) is 14.7. The smallest absolute Gasteiger partial charge is 0.247 e. The molecule has 0 unspecified atom stereocenters. The van der Waals surface area contributed by atoms with Crippen molar-refractivity contribution in [1.82, 2.24) is 15.1 Å². The highest BCUT2D eigenvalue weighted by molar-refractivity contribution is 5.52. The van der Waals surface area contributed by atoms with Crippen LogP contribution in [-0.2, 0) is 6.54 Å². The summed E-state index contributed by atoms with van der Waals surface area (Å²) < 4.78 is 5.90. The third kappa shape index (κ3) is 3.54. The second-order valence-corrected chi connectivity index (χ2v) is 6.33. The molecule has 1 heterocycles. The molecule has 0 aliphatic rings. The third-order valence-electron chi connectivity index (χ3n) is 4.44. The zero-order chi connectivity index (χ0) is 17.1. The Morgan fingerprint density at radius 3 is 2.42 bits per heavy atom. The number of aromatic nitrogens is 2. The Hall–Kier alpha value is -2.46. The molecule has 1 atom stereocenters. The number of hydrogen-bond donors (Lipinski definition) is 0. The molecule has 0 N–H and O–H groups in total. The van der Waals surface area contributed by atoms with Crippen molar-refractivity contribution in [1.29, 1.82) is 0 Å². The minimum atomic E-state index is 0.0521. The molecule has 3 rings (SSSR count). The summed E-state index contributed by atoms with van der Waals surface area (Å²) in [6, 6.07) is 16.6. The van der Waals surface area contributed by atoms with E-state index in [1.807, 2.05) is 24.3 Å². The Bertz CT molecular complexity index is 808. The zero-order valence-electron chi connectivity index (χ0n) is 14.7. The molecule has 0 saturated heterocycles. The molecule has 0 aliphatic carbocycles. The summed E-state index contributed by atoms with van der Waals surface area (Å²) in [6.07, 6.45) is 0. The molecule has 0 aliphatic heterocycles. The summed E-state index contributed by atoms with van der Waals surface area (Å²) in [4.78, 5) is 2.22. The molecule has 0 bridgehead atoms. The summed E-state index contributed by atoms with van der Waals surface area (Å²) in [7, 11) is 2.08. The molecule has 0 fully saturated rings. The van der Waals surface area contributed by atoms with Crippen LogP contribution in [0.3, 0.4) is 0 Å². The monoisotopic (exact) mass is 321 g/mol. The minimum absolute atomic E-state index is 0.0521. The molecule has 24 heavy (non-hydrogen) atoms. The normalized spacial score (nSPS) is 12.5. The van der Waals surface area contributed by atoms with E-state index in [1.165, 1.54) is 16.7 Å². The van der Waals surface area contributed by atoms with E-state index in [4.69, 9.17) is 4.42 Å². The van der Waals surface area contributed by atoms with Crippen molar-refractivity contribution in [3.8, 4) is 11.5 Å². The Kier molecular flexibility index (Phi) is 4.76. The Balaban J connectivity index is 1.74. The maximum absolute atomic E-state index is 5.90. The van der Waals surface area contributed by atoms with Gasteiger partial charge in [-0.05, 0) is 51.1 Å². The van der Waals surface area contributed by atoms with Crippen molar-refractivity contribution in [3.63, 3.8) is 0 Å². The fourth-order valence-electron chi connectivity index (χ4n) is 2.60. The van der Waals surface area contributed by atoms with Crippen LogP contribution >= 0.6 is 0 Å². The maximum atomic E-state index is 5.90. The number of rotatable bonds is 5. The van der Waals surface area contributed by atoms with Crippen LogP contribution in [0.1, 0.15) is 35.5 Å². The second kappa shape index (κ2) is 6.97. The van der Waals surface area contributed by atoms with Gasteiger partial charge in [-0.1, -0.05) is 42.0 Å². The first-order valence-corrected chi connectivity index (χ1v) is 8.20. The molecule has 1 aromatic heterocycles. The highest BCUT2D eigenvalue weighted by atomic mass is 16.4. The average Bonchev–Trinajstić information content (AvgIpc) is 3.07. The fourth-order valence-corrected chi connectivity index (χ4v) is 2.60. The van der Waals surface area contributed by atoms with E-state index in [0.717, 1.165) is 12.1 Å². The van der Waals surface area contributed by atoms with Crippen molar-refractivity contribution in [2.45, 2.75) is 33.4 Å². The van der Waals surface area contributed by atoms with Gasteiger partial charge in [-0.15, -0.1) is 10.2 Å². The molecule has 0 radical (unpaired) electrons. The number of nitrogens with zero attached hydrogens (tertiary/aromatic N) is 3. The van der Waals surface area contributed by atoms with Crippen LogP contribution in [0.2, 0.25) is 0 Å². The van der Waals surface area contributed by atoms with E-state index >= 15 is 0 Å². The van der Waals surface area contributed by atoms with E-state index in [2.05, 4.69) is 67.2 Å². The Morgan fingerprint density at radius 1 is 1.00 bits per heavy atom. The second-order valence-electron chi connectivity index (χ2n) is 6.33. The molecule has 0 spiro atoms. The first-order chi connectivity index (χ1) is 11.5. The van der Waals surface area contributed by atoms with Gasteiger partial charge in [-0.2, -0.15) is 0 Å². The van der Waals surface area contributed by atoms with Crippen LogP contribution in [0.5, 0.6) is 0 Å². The molecule has 2 aromatic carbocycles. The largest absolute Gasteiger partial charge is 0.419 e. The molecular formula is C20H23N3O. The van der Waals surface area contributed by atoms with E-state index < -0.39 is 0 Å². The van der Waals surface area contributed by atoms with E-state index in [9.17, 15) is 0 Å². The summed E-state index contributed by atoms with van der Waals surface area (Å²) in [5, 5.41) is 8.44. The van der Waals surface area contributed by atoms with Gasteiger partial charge in [0.15, 0.2) is 0 Å². The van der Waals surface area contributed by atoms with Gasteiger partial charge in [0.05, 0.1) is 6.04 Å². The van der Waals surface area contributed by atoms with Crippen molar-refractivity contribution in [3.05, 3.63) is 71.1 Å². The van der Waals surface area contributed by atoms with Gasteiger partial charge in [0, 0.05) is 12.1 Å². The summed E-state index contributed by atoms with van der Waals surface area (Å²) in [5.74, 6) is 1.21. The summed E-state index contributed by atoms with van der Waals surface area (Å²) in [5.41, 5.74) is 4.77. The highest BCUT2D eigenvalue weighted by Crippen LogP contribution is 2.24. The highest BCUT2D eigenvalue weighted by Gasteiger charge is 2.19. The van der Waals surface area contributed by atoms with Gasteiger partial charge < -0.3 is 4.42 Å². The lowest BCUT2D eigenvalue weighted by molar-refractivity contribution is 0.217. The Morgan fingerprint density at radius 2 is 1.71 bits per heavy atom. The lowest BCUT2D eigenvalue weighted by Gasteiger charge is -2.22. The third-order valence-corrected chi connectivity index (χ3v) is 4.44. The van der Waals surface area contributed by atoms with E-state index in [-0.39, 0.29) is 6.04 Å². The minimum Gasteiger partial charge on any atom is -0.419 e. The fraction of sp³-hybridized carbons (Fsp3) is 0.300. The van der Waals surface area contributed by atoms with Crippen molar-refractivity contribution < 1.29 is 4.42 Å². The van der Waals surface area contributed by atoms with Crippen LogP contribution in [0.4, 0.5) is 0 Å². The molecule has 124 valence electrons. The molecule has 3 aromatic rings. The predicted octanol–water partition coefficient (Wildman–Crippen LogP) is 4.55. The topological polar surface area (TPSA) is 42.2 Å². The SMILES string of the molecule is Cc1ccc(-c2nnc([C@H](C)N(C)Cc3ccccc3C)o2)cc1. The van der Waals surface area contributed by atoms with Crippen molar-refractivity contribution in [2.75, 3.05) is 7.05 Å². The molecule has 4 nitrogen and oxygen atoms in total. The molecular weight excluding hydrogens is 298 g/mol. The average molecular weight is 321 g/mol. The van der Waals surface area contributed by atoms with Gasteiger partial charge in [0.25, 0.3) is 0 Å². The molecule has 4 heteroatoms. The van der Waals surface area contributed by atoms with E-state index in [0.29, 0.717) is 11.8 Å². The quantitative estimate of drug-likeness (QED) is 0.691. The van der Waals surface area contributed by atoms with Crippen LogP contribution < -0.4 is 0 Å². The van der Waals surface area contributed by atoms with Gasteiger partial charge in [-0.25, -0.2) is 0 Å². The van der Waals surface area contributed by atoms with Gasteiger partial charge >= 0.3 is 0 Å². The predicted molar refractivity (Wildman–Crippen MR) is 95.5 cm³/mol. The van der Waals surface area contributed by atoms with Crippen LogP contribution in [0.15, 0.2) is 52.9 Å². The first-order valence-electron chi connectivity index (χ1n) is 8.20. The van der Waals surface area contributed by atoms with Gasteiger partial charge in [-0.3, -0.25) is 4.90 Å². The first kappa shape index (κ1) is 16.4. The van der Waals surface area contributed by atoms with Crippen LogP contribution in [0.25, 0.3) is 11.5 Å². The lowest BCUT2D eigenvalue weighted by Crippen LogP contribution is -2.22. The standard InChI is InChI=1S/C20H23N3O/c1-14-9-11-17(12-10-14)20-22-21-19(24-20)16(3)23(4)13-18-8-6-5-7-15(18)2/h5-12,16H,13H2,1-4H3/t16-/m0/s1. The number of benzene rings is 2. The van der Waals surface area contributed by atoms with Crippen molar-refractivity contribution in [2.24, 2.45) is 0 Å². The lowest BCUT2D eigenvalue weighted by atomic mass is 10.1.